The molecule has 1 heterocycles. The van der Waals surface area contributed by atoms with Gasteiger partial charge in [0, 0.05) is 23.3 Å². The van der Waals surface area contributed by atoms with Gasteiger partial charge in [0.1, 0.15) is 17.2 Å². The number of hydrogen-bond donors (Lipinski definition) is 1. The fourth-order valence-electron chi connectivity index (χ4n) is 3.08. The van der Waals surface area contributed by atoms with Gasteiger partial charge in [-0.05, 0) is 56.8 Å². The summed E-state index contributed by atoms with van der Waals surface area (Å²) in [6, 6.07) is 7.91. The Morgan fingerprint density at radius 2 is 1.77 bits per heavy atom. The van der Waals surface area contributed by atoms with E-state index < -0.39 is 40.7 Å². The number of alkyl carbamates (subject to hydrolysis) is 1. The molecule has 0 fully saturated rings. The highest BCUT2D eigenvalue weighted by Gasteiger charge is 2.24. The molecule has 1 unspecified atom stereocenters. The van der Waals surface area contributed by atoms with Gasteiger partial charge in [0.25, 0.3) is 0 Å². The molecule has 1 atom stereocenters. The number of nitrogens with one attached hydrogen (secondary N) is 1. The molecule has 0 aliphatic carbocycles. The van der Waals surface area contributed by atoms with Gasteiger partial charge >= 0.3 is 6.09 Å². The molecule has 7 heteroatoms. The van der Waals surface area contributed by atoms with Crippen molar-refractivity contribution < 1.29 is 23.1 Å². The standard InChI is InChI=1S/C23H22F2N2O3/c1-13(27-22(29)30-23(2,3)4)15-10-18(24)20(19(25)11-15)21(28)17-7-5-6-14-12-26-9-8-16(14)17/h5-13H,1-4H3,(H,27,29). The topological polar surface area (TPSA) is 68.3 Å². The second-order valence-electron chi connectivity index (χ2n) is 7.96. The summed E-state index contributed by atoms with van der Waals surface area (Å²) < 4.78 is 34.8. The van der Waals surface area contributed by atoms with Crippen molar-refractivity contribution >= 4 is 22.6 Å². The lowest BCUT2D eigenvalue weighted by molar-refractivity contribution is 0.0507. The number of nitrogens with zero attached hydrogens (tertiary/aromatic N) is 1. The Morgan fingerprint density at radius 1 is 1.10 bits per heavy atom. The molecule has 0 saturated heterocycles. The van der Waals surface area contributed by atoms with Gasteiger partial charge in [0.05, 0.1) is 11.6 Å². The highest BCUT2D eigenvalue weighted by Crippen LogP contribution is 2.26. The largest absolute Gasteiger partial charge is 0.444 e. The van der Waals surface area contributed by atoms with E-state index in [4.69, 9.17) is 4.74 Å². The van der Waals surface area contributed by atoms with Crippen LogP contribution in [0.1, 0.15) is 55.2 Å². The van der Waals surface area contributed by atoms with Gasteiger partial charge in [-0.3, -0.25) is 9.78 Å². The maximum absolute atomic E-state index is 14.8. The number of ketones is 1. The summed E-state index contributed by atoms with van der Waals surface area (Å²) in [5.41, 5.74) is -0.993. The minimum Gasteiger partial charge on any atom is -0.444 e. The van der Waals surface area contributed by atoms with E-state index in [2.05, 4.69) is 10.3 Å². The molecule has 3 rings (SSSR count). The Hall–Kier alpha value is -3.35. The van der Waals surface area contributed by atoms with Gasteiger partial charge in [0.2, 0.25) is 0 Å². The summed E-state index contributed by atoms with van der Waals surface area (Å²) in [7, 11) is 0. The van der Waals surface area contributed by atoms with Crippen LogP contribution in [-0.4, -0.2) is 22.5 Å². The first-order chi connectivity index (χ1) is 14.1. The van der Waals surface area contributed by atoms with E-state index in [0.717, 1.165) is 12.1 Å². The van der Waals surface area contributed by atoms with Crippen molar-refractivity contribution in [2.24, 2.45) is 0 Å². The summed E-state index contributed by atoms with van der Waals surface area (Å²) in [6.45, 7) is 6.69. The number of hydrogen-bond acceptors (Lipinski definition) is 4. The van der Waals surface area contributed by atoms with Crippen LogP contribution >= 0.6 is 0 Å². The van der Waals surface area contributed by atoms with Crippen molar-refractivity contribution in [1.29, 1.82) is 0 Å². The van der Waals surface area contributed by atoms with E-state index in [-0.39, 0.29) is 11.1 Å². The summed E-state index contributed by atoms with van der Waals surface area (Å²) >= 11 is 0. The van der Waals surface area contributed by atoms with E-state index in [9.17, 15) is 18.4 Å². The van der Waals surface area contributed by atoms with Crippen molar-refractivity contribution in [3.05, 3.63) is 77.1 Å². The number of ether oxygens (including phenoxy) is 1. The van der Waals surface area contributed by atoms with Crippen LogP contribution in [0.4, 0.5) is 13.6 Å². The lowest BCUT2D eigenvalue weighted by Crippen LogP contribution is -2.34. The first-order valence-electron chi connectivity index (χ1n) is 9.42. The number of amides is 1. The highest BCUT2D eigenvalue weighted by atomic mass is 19.1. The van der Waals surface area contributed by atoms with Crippen LogP contribution < -0.4 is 5.32 Å². The van der Waals surface area contributed by atoms with Crippen molar-refractivity contribution in [2.75, 3.05) is 0 Å². The second kappa shape index (κ2) is 8.18. The maximum Gasteiger partial charge on any atom is 0.408 e. The molecular weight excluding hydrogens is 390 g/mol. The SMILES string of the molecule is CC(NC(=O)OC(C)(C)C)c1cc(F)c(C(=O)c2cccc3cnccc23)c(F)c1. The van der Waals surface area contributed by atoms with E-state index in [1.807, 2.05) is 0 Å². The van der Waals surface area contributed by atoms with E-state index in [0.29, 0.717) is 10.8 Å². The smallest absolute Gasteiger partial charge is 0.408 e. The van der Waals surface area contributed by atoms with Crippen LogP contribution in [0.2, 0.25) is 0 Å². The summed E-state index contributed by atoms with van der Waals surface area (Å²) in [6.07, 6.45) is 2.38. The maximum atomic E-state index is 14.8. The predicted molar refractivity (Wildman–Crippen MR) is 109 cm³/mol. The Kier molecular flexibility index (Phi) is 5.82. The highest BCUT2D eigenvalue weighted by molar-refractivity contribution is 6.16. The van der Waals surface area contributed by atoms with E-state index in [1.54, 1.807) is 52.1 Å². The van der Waals surface area contributed by atoms with Crippen molar-refractivity contribution in [1.82, 2.24) is 10.3 Å². The first-order valence-corrected chi connectivity index (χ1v) is 9.42. The lowest BCUT2D eigenvalue weighted by Gasteiger charge is -2.22. The Morgan fingerprint density at radius 3 is 2.40 bits per heavy atom. The third-order valence-electron chi connectivity index (χ3n) is 4.45. The minimum absolute atomic E-state index is 0.175. The molecule has 0 aliphatic rings. The van der Waals surface area contributed by atoms with Crippen LogP contribution in [0.5, 0.6) is 0 Å². The average molecular weight is 412 g/mol. The van der Waals surface area contributed by atoms with Crippen molar-refractivity contribution in [2.45, 2.75) is 39.3 Å². The fourth-order valence-corrected chi connectivity index (χ4v) is 3.08. The minimum atomic E-state index is -1.00. The molecular formula is C23H22F2N2O3. The van der Waals surface area contributed by atoms with Crippen LogP contribution in [0.15, 0.2) is 48.8 Å². The molecule has 0 bridgehead atoms. The van der Waals surface area contributed by atoms with E-state index in [1.165, 1.54) is 12.3 Å². The number of carbonyl (C=O) groups is 2. The molecule has 0 radical (unpaired) electrons. The molecule has 1 aromatic heterocycles. The molecule has 156 valence electrons. The van der Waals surface area contributed by atoms with Crippen LogP contribution in [0.3, 0.4) is 0 Å². The van der Waals surface area contributed by atoms with Gasteiger partial charge < -0.3 is 10.1 Å². The molecule has 1 N–H and O–H groups in total. The lowest BCUT2D eigenvalue weighted by atomic mass is 9.95. The molecule has 2 aromatic carbocycles. The zero-order chi connectivity index (χ0) is 22.1. The van der Waals surface area contributed by atoms with Crippen molar-refractivity contribution in [3.63, 3.8) is 0 Å². The van der Waals surface area contributed by atoms with Gasteiger partial charge in [0.15, 0.2) is 5.78 Å². The van der Waals surface area contributed by atoms with Gasteiger partial charge in [-0.25, -0.2) is 13.6 Å². The number of halogens is 2. The van der Waals surface area contributed by atoms with Gasteiger partial charge in [-0.15, -0.1) is 0 Å². The number of carbonyl (C=O) groups excluding carboxylic acids is 2. The van der Waals surface area contributed by atoms with Crippen LogP contribution in [0, 0.1) is 11.6 Å². The molecule has 0 aliphatic heterocycles. The Labute approximate surface area is 173 Å². The van der Waals surface area contributed by atoms with Crippen LogP contribution in [0.25, 0.3) is 10.8 Å². The molecule has 5 nitrogen and oxygen atoms in total. The quantitative estimate of drug-likeness (QED) is 0.588. The molecule has 0 spiro atoms. The fraction of sp³-hybridized carbons (Fsp3) is 0.261. The third kappa shape index (κ3) is 4.62. The number of fused-ring (bicyclic) bond motifs is 1. The molecule has 3 aromatic rings. The summed E-state index contributed by atoms with van der Waals surface area (Å²) in [5.74, 6) is -2.76. The van der Waals surface area contributed by atoms with Crippen LogP contribution in [-0.2, 0) is 4.74 Å². The average Bonchev–Trinajstić information content (AvgIpc) is 2.65. The number of benzene rings is 2. The summed E-state index contributed by atoms with van der Waals surface area (Å²) in [4.78, 5) is 28.8. The predicted octanol–water partition coefficient (Wildman–Crippen LogP) is 5.33. The number of pyridine rings is 1. The zero-order valence-electron chi connectivity index (χ0n) is 17.1. The third-order valence-corrected chi connectivity index (χ3v) is 4.45. The monoisotopic (exact) mass is 412 g/mol. The van der Waals surface area contributed by atoms with E-state index >= 15 is 0 Å². The van der Waals surface area contributed by atoms with Gasteiger partial charge in [-0.2, -0.15) is 0 Å². The summed E-state index contributed by atoms with van der Waals surface area (Å²) in [5, 5.41) is 3.77. The van der Waals surface area contributed by atoms with Gasteiger partial charge in [-0.1, -0.05) is 18.2 Å². The second-order valence-corrected chi connectivity index (χ2v) is 7.96. The molecule has 0 saturated carbocycles. The Balaban J connectivity index is 1.91. The number of aromatic nitrogens is 1. The normalized spacial score (nSPS) is 12.5. The zero-order valence-corrected chi connectivity index (χ0v) is 17.1. The molecule has 1 amide bonds. The number of rotatable bonds is 4. The Bertz CT molecular complexity index is 1090. The first kappa shape index (κ1) is 21.4. The molecule has 30 heavy (non-hydrogen) atoms. The van der Waals surface area contributed by atoms with Crippen molar-refractivity contribution in [3.8, 4) is 0 Å².